The predicted octanol–water partition coefficient (Wildman–Crippen LogP) is 2.33. The summed E-state index contributed by atoms with van der Waals surface area (Å²) in [7, 11) is 0. The largest absolute Gasteiger partial charge is 0.371 e. The van der Waals surface area contributed by atoms with Gasteiger partial charge in [-0.1, -0.05) is 42.5 Å². The highest BCUT2D eigenvalue weighted by Crippen LogP contribution is 2.15. The topological polar surface area (TPSA) is 55.1 Å². The zero-order chi connectivity index (χ0) is 13.7. The van der Waals surface area contributed by atoms with Crippen molar-refractivity contribution in [3.05, 3.63) is 66.0 Å². The molecular weight excluding hydrogens is 243 g/mol. The number of carbonyl (C=O) groups excluding carboxylic acids is 1. The minimum atomic E-state index is -0.640. The number of carbonyl (C=O) groups is 1. The van der Waals surface area contributed by atoms with E-state index in [1.54, 1.807) is 18.2 Å². The lowest BCUT2D eigenvalue weighted by atomic mass is 10.1. The maximum Gasteiger partial charge on any atom is 0.240 e. The van der Waals surface area contributed by atoms with Gasteiger partial charge in [0.15, 0.2) is 0 Å². The molecule has 0 radical (unpaired) electrons. The van der Waals surface area contributed by atoms with E-state index in [0.717, 1.165) is 5.56 Å². The SMILES string of the molecule is NC(=O)C(Cc1ccccc1)Nc1ccccc1F. The van der Waals surface area contributed by atoms with Gasteiger partial charge in [0.05, 0.1) is 5.69 Å². The molecule has 2 aromatic carbocycles. The summed E-state index contributed by atoms with van der Waals surface area (Å²) in [6.45, 7) is 0. The van der Waals surface area contributed by atoms with Crippen molar-refractivity contribution in [2.45, 2.75) is 12.5 Å². The molecule has 0 saturated carbocycles. The Kier molecular flexibility index (Phi) is 4.13. The van der Waals surface area contributed by atoms with Gasteiger partial charge in [-0.15, -0.1) is 0 Å². The summed E-state index contributed by atoms with van der Waals surface area (Å²) in [5.41, 5.74) is 6.61. The second kappa shape index (κ2) is 6.00. The number of hydrogen-bond acceptors (Lipinski definition) is 2. The summed E-state index contributed by atoms with van der Waals surface area (Å²) in [4.78, 5) is 11.5. The highest BCUT2D eigenvalue weighted by Gasteiger charge is 2.17. The van der Waals surface area contributed by atoms with Gasteiger partial charge in [0, 0.05) is 6.42 Å². The number of hydrogen-bond donors (Lipinski definition) is 2. The fraction of sp³-hybridized carbons (Fsp3) is 0.133. The number of nitrogens with two attached hydrogens (primary N) is 1. The number of halogens is 1. The van der Waals surface area contributed by atoms with Crippen LogP contribution < -0.4 is 11.1 Å². The van der Waals surface area contributed by atoms with Crippen LogP contribution >= 0.6 is 0 Å². The molecule has 0 fully saturated rings. The first-order valence-electron chi connectivity index (χ1n) is 6.01. The summed E-state index contributed by atoms with van der Waals surface area (Å²) in [6.07, 6.45) is 0.421. The van der Waals surface area contributed by atoms with Crippen LogP contribution in [-0.2, 0) is 11.2 Å². The molecule has 0 aromatic heterocycles. The van der Waals surface area contributed by atoms with Crippen LogP contribution in [0.1, 0.15) is 5.56 Å². The third kappa shape index (κ3) is 3.55. The van der Waals surface area contributed by atoms with Gasteiger partial charge >= 0.3 is 0 Å². The zero-order valence-corrected chi connectivity index (χ0v) is 10.3. The lowest BCUT2D eigenvalue weighted by molar-refractivity contribution is -0.118. The molecular formula is C15H15FN2O. The number of primary amides is 1. The smallest absolute Gasteiger partial charge is 0.240 e. The van der Waals surface area contributed by atoms with Gasteiger partial charge in [0.1, 0.15) is 11.9 Å². The molecule has 1 amide bonds. The molecule has 3 N–H and O–H groups in total. The van der Waals surface area contributed by atoms with Crippen molar-refractivity contribution < 1.29 is 9.18 Å². The maximum absolute atomic E-state index is 13.5. The fourth-order valence-electron chi connectivity index (χ4n) is 1.84. The van der Waals surface area contributed by atoms with Crippen molar-refractivity contribution in [1.82, 2.24) is 0 Å². The Morgan fingerprint density at radius 2 is 1.74 bits per heavy atom. The third-order valence-corrected chi connectivity index (χ3v) is 2.83. The van der Waals surface area contributed by atoms with Crippen LogP contribution in [-0.4, -0.2) is 11.9 Å². The number of rotatable bonds is 5. The molecule has 1 atom stereocenters. The summed E-state index contributed by atoms with van der Waals surface area (Å²) >= 11 is 0. The van der Waals surface area contributed by atoms with Gasteiger partial charge in [-0.25, -0.2) is 4.39 Å². The molecule has 0 aliphatic carbocycles. The van der Waals surface area contributed by atoms with Gasteiger partial charge in [0.2, 0.25) is 5.91 Å². The Bertz CT molecular complexity index is 557. The third-order valence-electron chi connectivity index (χ3n) is 2.83. The summed E-state index contributed by atoms with van der Waals surface area (Å²) in [5, 5.41) is 2.85. The number of para-hydroxylation sites is 1. The molecule has 2 rings (SSSR count). The van der Waals surface area contributed by atoms with Crippen molar-refractivity contribution in [3.63, 3.8) is 0 Å². The van der Waals surface area contributed by atoms with Gasteiger partial charge < -0.3 is 11.1 Å². The Labute approximate surface area is 111 Å². The maximum atomic E-state index is 13.5. The zero-order valence-electron chi connectivity index (χ0n) is 10.3. The second-order valence-electron chi connectivity index (χ2n) is 4.27. The van der Waals surface area contributed by atoms with Gasteiger partial charge in [-0.05, 0) is 17.7 Å². The molecule has 0 spiro atoms. The summed E-state index contributed by atoms with van der Waals surface area (Å²) in [6, 6.07) is 15.0. The van der Waals surface area contributed by atoms with E-state index in [0.29, 0.717) is 6.42 Å². The molecule has 3 nitrogen and oxygen atoms in total. The number of benzene rings is 2. The van der Waals surface area contributed by atoms with Crippen LogP contribution in [0, 0.1) is 5.82 Å². The minimum Gasteiger partial charge on any atom is -0.371 e. The number of nitrogens with one attached hydrogen (secondary N) is 1. The van der Waals surface area contributed by atoms with Crippen molar-refractivity contribution in [3.8, 4) is 0 Å². The average Bonchev–Trinajstić information content (AvgIpc) is 2.41. The van der Waals surface area contributed by atoms with Crippen LogP contribution in [0.5, 0.6) is 0 Å². The van der Waals surface area contributed by atoms with E-state index >= 15 is 0 Å². The van der Waals surface area contributed by atoms with Gasteiger partial charge in [-0.2, -0.15) is 0 Å². The van der Waals surface area contributed by atoms with Crippen molar-refractivity contribution in [2.75, 3.05) is 5.32 Å². The number of amides is 1. The lowest BCUT2D eigenvalue weighted by Crippen LogP contribution is -2.37. The Morgan fingerprint density at radius 1 is 1.11 bits per heavy atom. The molecule has 19 heavy (non-hydrogen) atoms. The molecule has 0 bridgehead atoms. The summed E-state index contributed by atoms with van der Waals surface area (Å²) in [5.74, 6) is -0.908. The normalized spacial score (nSPS) is 11.8. The highest BCUT2D eigenvalue weighted by atomic mass is 19.1. The van der Waals surface area contributed by atoms with E-state index in [1.165, 1.54) is 6.07 Å². The molecule has 98 valence electrons. The Balaban J connectivity index is 2.13. The van der Waals surface area contributed by atoms with Crippen molar-refractivity contribution >= 4 is 11.6 Å². The lowest BCUT2D eigenvalue weighted by Gasteiger charge is -2.17. The molecule has 4 heteroatoms. The van der Waals surface area contributed by atoms with E-state index in [1.807, 2.05) is 30.3 Å². The van der Waals surface area contributed by atoms with E-state index in [-0.39, 0.29) is 5.69 Å². The van der Waals surface area contributed by atoms with Crippen molar-refractivity contribution in [2.24, 2.45) is 5.73 Å². The fourth-order valence-corrected chi connectivity index (χ4v) is 1.84. The molecule has 2 aromatic rings. The van der Waals surface area contributed by atoms with Crippen LogP contribution in [0.3, 0.4) is 0 Å². The van der Waals surface area contributed by atoms with E-state index in [4.69, 9.17) is 5.73 Å². The second-order valence-corrected chi connectivity index (χ2v) is 4.27. The molecule has 0 saturated heterocycles. The van der Waals surface area contributed by atoms with E-state index in [2.05, 4.69) is 5.32 Å². The predicted molar refractivity (Wildman–Crippen MR) is 73.2 cm³/mol. The van der Waals surface area contributed by atoms with Crippen molar-refractivity contribution in [1.29, 1.82) is 0 Å². The Hall–Kier alpha value is -2.36. The first-order valence-corrected chi connectivity index (χ1v) is 6.01. The quantitative estimate of drug-likeness (QED) is 0.864. The van der Waals surface area contributed by atoms with Gasteiger partial charge in [-0.3, -0.25) is 4.79 Å². The minimum absolute atomic E-state index is 0.280. The molecule has 1 unspecified atom stereocenters. The number of anilines is 1. The van der Waals surface area contributed by atoms with Crippen LogP contribution in [0.2, 0.25) is 0 Å². The Morgan fingerprint density at radius 3 is 2.37 bits per heavy atom. The molecule has 0 aliphatic heterocycles. The molecule has 0 aliphatic rings. The van der Waals surface area contributed by atoms with Crippen LogP contribution in [0.4, 0.5) is 10.1 Å². The van der Waals surface area contributed by atoms with Gasteiger partial charge in [0.25, 0.3) is 0 Å². The monoisotopic (exact) mass is 258 g/mol. The van der Waals surface area contributed by atoms with Crippen LogP contribution in [0.15, 0.2) is 54.6 Å². The first kappa shape index (κ1) is 13.1. The highest BCUT2D eigenvalue weighted by molar-refractivity contribution is 5.83. The average molecular weight is 258 g/mol. The molecule has 0 heterocycles. The standard InChI is InChI=1S/C15H15FN2O/c16-12-8-4-5-9-13(12)18-14(15(17)19)10-11-6-2-1-3-7-11/h1-9,14,18H,10H2,(H2,17,19). The van der Waals surface area contributed by atoms with E-state index in [9.17, 15) is 9.18 Å². The van der Waals surface area contributed by atoms with E-state index < -0.39 is 17.8 Å². The first-order chi connectivity index (χ1) is 9.16. The summed E-state index contributed by atoms with van der Waals surface area (Å²) < 4.78 is 13.5. The van der Waals surface area contributed by atoms with Crippen LogP contribution in [0.25, 0.3) is 0 Å².